The van der Waals surface area contributed by atoms with E-state index in [9.17, 15) is 8.42 Å². The van der Waals surface area contributed by atoms with Gasteiger partial charge in [0.25, 0.3) is 0 Å². The summed E-state index contributed by atoms with van der Waals surface area (Å²) >= 11 is 0. The Kier molecular flexibility index (Phi) is 3.62. The third-order valence-corrected chi connectivity index (χ3v) is 4.70. The zero-order valence-electron chi connectivity index (χ0n) is 11.4. The van der Waals surface area contributed by atoms with E-state index in [1.54, 1.807) is 33.2 Å². The highest BCUT2D eigenvalue weighted by Gasteiger charge is 2.26. The molecule has 0 bridgehead atoms. The van der Waals surface area contributed by atoms with Crippen LogP contribution in [0.3, 0.4) is 0 Å². The molecule has 0 saturated carbocycles. The van der Waals surface area contributed by atoms with Crippen LogP contribution in [0.4, 0.5) is 17.5 Å². The minimum atomic E-state index is -3.49. The number of hydrogen-bond donors (Lipinski definition) is 2. The van der Waals surface area contributed by atoms with Gasteiger partial charge in [0.1, 0.15) is 5.82 Å². The molecule has 3 N–H and O–H groups in total. The van der Waals surface area contributed by atoms with E-state index >= 15 is 0 Å². The van der Waals surface area contributed by atoms with Gasteiger partial charge in [0, 0.05) is 19.4 Å². The van der Waals surface area contributed by atoms with Gasteiger partial charge >= 0.3 is 0 Å². The van der Waals surface area contributed by atoms with Gasteiger partial charge in [0.15, 0.2) is 0 Å². The Morgan fingerprint density at radius 1 is 1.40 bits per heavy atom. The van der Waals surface area contributed by atoms with Gasteiger partial charge in [0.05, 0.1) is 10.9 Å². The van der Waals surface area contributed by atoms with Crippen LogP contribution < -0.4 is 11.1 Å². The van der Waals surface area contributed by atoms with E-state index < -0.39 is 15.1 Å². The summed E-state index contributed by atoms with van der Waals surface area (Å²) in [6.07, 6.45) is 3.06. The number of aryl methyl sites for hydroxylation is 1. The Labute approximate surface area is 117 Å². The molecule has 8 nitrogen and oxygen atoms in total. The fourth-order valence-electron chi connectivity index (χ4n) is 1.57. The average Bonchev–Trinajstić information content (AvgIpc) is 2.70. The molecule has 2 rings (SSSR count). The van der Waals surface area contributed by atoms with E-state index in [0.717, 1.165) is 0 Å². The largest absolute Gasteiger partial charge is 0.368 e. The van der Waals surface area contributed by atoms with Crippen molar-refractivity contribution in [2.45, 2.75) is 24.1 Å². The Bertz CT molecular complexity index is 722. The number of nitrogens with zero attached hydrogens (tertiary/aromatic N) is 4. The summed E-state index contributed by atoms with van der Waals surface area (Å²) < 4.78 is 25.9. The van der Waals surface area contributed by atoms with Crippen molar-refractivity contribution in [3.8, 4) is 0 Å². The Hall–Kier alpha value is -2.16. The van der Waals surface area contributed by atoms with E-state index in [1.807, 2.05) is 0 Å². The summed E-state index contributed by atoms with van der Waals surface area (Å²) in [4.78, 5) is 7.74. The summed E-state index contributed by atoms with van der Waals surface area (Å²) in [6.45, 7) is 3.22. The molecule has 0 radical (unpaired) electrons. The van der Waals surface area contributed by atoms with Crippen molar-refractivity contribution in [3.63, 3.8) is 0 Å². The van der Waals surface area contributed by atoms with Crippen LogP contribution in [0.1, 0.15) is 13.8 Å². The lowest BCUT2D eigenvalue weighted by Gasteiger charge is -2.08. The second-order valence-corrected chi connectivity index (χ2v) is 6.96. The molecule has 0 spiro atoms. The number of nitrogen functional groups attached to an aromatic ring is 1. The van der Waals surface area contributed by atoms with Gasteiger partial charge < -0.3 is 11.1 Å². The molecule has 108 valence electrons. The molecule has 0 aliphatic carbocycles. The van der Waals surface area contributed by atoms with Crippen molar-refractivity contribution in [2.24, 2.45) is 7.05 Å². The molecular weight excluding hydrogens is 280 g/mol. The third kappa shape index (κ3) is 2.72. The highest BCUT2D eigenvalue weighted by molar-refractivity contribution is 7.92. The molecule has 20 heavy (non-hydrogen) atoms. The fraction of sp³-hybridized carbons (Fsp3) is 0.364. The molecular formula is C11H16N6O2S. The number of hydrogen-bond acceptors (Lipinski definition) is 7. The minimum Gasteiger partial charge on any atom is -0.368 e. The number of nitrogens with one attached hydrogen (secondary N) is 1. The predicted molar refractivity (Wildman–Crippen MR) is 75.3 cm³/mol. The van der Waals surface area contributed by atoms with Crippen LogP contribution in [0.25, 0.3) is 0 Å². The molecule has 0 saturated heterocycles. The van der Waals surface area contributed by atoms with E-state index in [4.69, 9.17) is 5.73 Å². The van der Waals surface area contributed by atoms with E-state index in [1.165, 1.54) is 10.9 Å². The maximum absolute atomic E-state index is 12.2. The van der Waals surface area contributed by atoms with Crippen molar-refractivity contribution in [1.29, 1.82) is 0 Å². The van der Waals surface area contributed by atoms with Gasteiger partial charge in [0.2, 0.25) is 20.8 Å². The zero-order chi connectivity index (χ0) is 14.9. The smallest absolute Gasteiger partial charge is 0.221 e. The lowest BCUT2D eigenvalue weighted by Crippen LogP contribution is -2.16. The summed E-state index contributed by atoms with van der Waals surface area (Å²) in [5.41, 5.74) is 5.85. The molecule has 0 atom stereocenters. The standard InChI is InChI=1S/C11H16N6O2S/c1-7(2)20(18,19)10-8(6-17(3)16-10)14-9-4-5-13-11(12)15-9/h4-7H,1-3H3,(H3,12,13,14,15). The maximum atomic E-state index is 12.2. The predicted octanol–water partition coefficient (Wildman–Crippen LogP) is 0.718. The summed E-state index contributed by atoms with van der Waals surface area (Å²) in [6, 6.07) is 1.59. The van der Waals surface area contributed by atoms with E-state index in [-0.39, 0.29) is 11.0 Å². The lowest BCUT2D eigenvalue weighted by atomic mass is 10.5. The normalized spacial score (nSPS) is 11.8. The van der Waals surface area contributed by atoms with Gasteiger partial charge in [-0.1, -0.05) is 0 Å². The molecule has 0 amide bonds. The van der Waals surface area contributed by atoms with Crippen LogP contribution in [-0.2, 0) is 16.9 Å². The SMILES string of the molecule is CC(C)S(=O)(=O)c1nn(C)cc1Nc1ccnc(N)n1. The molecule has 0 unspecified atom stereocenters. The number of aromatic nitrogens is 4. The quantitative estimate of drug-likeness (QED) is 0.853. The number of anilines is 3. The van der Waals surface area contributed by atoms with E-state index in [2.05, 4.69) is 20.4 Å². The van der Waals surface area contributed by atoms with Crippen molar-refractivity contribution >= 4 is 27.3 Å². The maximum Gasteiger partial charge on any atom is 0.221 e. The van der Waals surface area contributed by atoms with Crippen LogP contribution >= 0.6 is 0 Å². The Balaban J connectivity index is 2.44. The summed E-state index contributed by atoms with van der Waals surface area (Å²) in [5, 5.41) is 6.35. The first-order valence-corrected chi connectivity index (χ1v) is 7.48. The fourth-order valence-corrected chi connectivity index (χ4v) is 2.67. The van der Waals surface area contributed by atoms with Crippen LogP contribution in [-0.4, -0.2) is 33.4 Å². The number of nitrogens with two attached hydrogens (primary N) is 1. The molecule has 2 heterocycles. The number of rotatable bonds is 4. The van der Waals surface area contributed by atoms with Crippen molar-refractivity contribution in [1.82, 2.24) is 19.7 Å². The van der Waals surface area contributed by atoms with Gasteiger partial charge in [-0.15, -0.1) is 0 Å². The molecule has 2 aromatic heterocycles. The second kappa shape index (κ2) is 5.08. The Morgan fingerprint density at radius 2 is 2.10 bits per heavy atom. The molecule has 9 heteroatoms. The first kappa shape index (κ1) is 14.3. The lowest BCUT2D eigenvalue weighted by molar-refractivity contribution is 0.579. The van der Waals surface area contributed by atoms with Crippen LogP contribution in [0.5, 0.6) is 0 Å². The third-order valence-electron chi connectivity index (χ3n) is 2.62. The minimum absolute atomic E-state index is 0.00724. The second-order valence-electron chi connectivity index (χ2n) is 4.54. The Morgan fingerprint density at radius 3 is 2.70 bits per heavy atom. The van der Waals surface area contributed by atoms with E-state index in [0.29, 0.717) is 11.5 Å². The highest BCUT2D eigenvalue weighted by atomic mass is 32.2. The molecule has 2 aromatic rings. The molecule has 0 fully saturated rings. The summed E-state index contributed by atoms with van der Waals surface area (Å²) in [5.74, 6) is 0.512. The molecule has 0 aromatic carbocycles. The topological polar surface area (TPSA) is 116 Å². The molecule has 0 aliphatic heterocycles. The van der Waals surface area contributed by atoms with Crippen molar-refractivity contribution in [2.75, 3.05) is 11.1 Å². The van der Waals surface area contributed by atoms with Gasteiger partial charge in [-0.05, 0) is 19.9 Å². The van der Waals surface area contributed by atoms with Crippen LogP contribution in [0, 0.1) is 0 Å². The van der Waals surface area contributed by atoms with Gasteiger partial charge in [-0.3, -0.25) is 4.68 Å². The number of sulfone groups is 1. The highest BCUT2D eigenvalue weighted by Crippen LogP contribution is 2.25. The monoisotopic (exact) mass is 296 g/mol. The van der Waals surface area contributed by atoms with Crippen molar-refractivity contribution in [3.05, 3.63) is 18.5 Å². The van der Waals surface area contributed by atoms with Crippen molar-refractivity contribution < 1.29 is 8.42 Å². The molecule has 0 aliphatic rings. The van der Waals surface area contributed by atoms with Gasteiger partial charge in [-0.25, -0.2) is 13.4 Å². The first-order valence-electron chi connectivity index (χ1n) is 5.94. The van der Waals surface area contributed by atoms with Crippen LogP contribution in [0.15, 0.2) is 23.5 Å². The zero-order valence-corrected chi connectivity index (χ0v) is 12.2. The van der Waals surface area contributed by atoms with Crippen LogP contribution in [0.2, 0.25) is 0 Å². The first-order chi connectivity index (χ1) is 9.30. The average molecular weight is 296 g/mol. The summed E-state index contributed by atoms with van der Waals surface area (Å²) in [7, 11) is -1.83. The van der Waals surface area contributed by atoms with Gasteiger partial charge in [-0.2, -0.15) is 10.1 Å².